The number of thioether (sulfide) groups is 1. The third-order valence-corrected chi connectivity index (χ3v) is 14.5. The largest absolute Gasteiger partial charge is 0.508 e. The fraction of sp³-hybridized carbons (Fsp3) is 0.419. The quantitative estimate of drug-likeness (QED) is 0.123. The van der Waals surface area contributed by atoms with E-state index in [1.165, 1.54) is 18.7 Å². The summed E-state index contributed by atoms with van der Waals surface area (Å²) in [5.74, 6) is 0.931. The molecule has 15 heteroatoms. The Morgan fingerprint density at radius 3 is 2.72 bits per heavy atom. The number of piperazine rings is 1. The summed E-state index contributed by atoms with van der Waals surface area (Å²) in [6, 6.07) is 6.96. The third kappa shape index (κ3) is 4.95. The second kappa shape index (κ2) is 13.3. The van der Waals surface area contributed by atoms with Crippen molar-refractivity contribution in [3.8, 4) is 40.6 Å². The standard InChI is InChI=1S/C43H43N5O9S/c1-6-11-47-27-13-22-12-19(2)36(53-5)35(51)30(22)33(47)34-40-32-31(39-38(55-18-56-39)20(3)37(32)57-21(4)49)29(48(34)28(27)15-44)16-54-42(52)43(17-58-40)41-24(9-10-45-43)25-14-23(50)7-8-26(25)46-41/h6-8,12,14,27-29,33-34,40,45-46,50-51H,1,9-11,13,16-18H2,2-5H3/t27-,28-,29-,33-,34?,40+,43+/m0/s1. The molecular formula is C43H43N5O9S. The van der Waals surface area contributed by atoms with E-state index < -0.39 is 46.9 Å². The van der Waals surface area contributed by atoms with Gasteiger partial charge in [-0.3, -0.25) is 19.9 Å². The lowest BCUT2D eigenvalue weighted by atomic mass is 9.71. The average molecular weight is 806 g/mol. The number of aromatic hydroxyl groups is 2. The number of nitrogens with zero attached hydrogens (tertiary/aromatic N) is 3. The second-order valence-corrected chi connectivity index (χ2v) is 17.1. The van der Waals surface area contributed by atoms with Crippen molar-refractivity contribution < 1.29 is 43.5 Å². The number of carbonyl (C=O) groups is 2. The molecule has 58 heavy (non-hydrogen) atoms. The number of hydrogen-bond donors (Lipinski definition) is 4. The maximum atomic E-state index is 14.9. The number of benzene rings is 3. The molecular weight excluding hydrogens is 763 g/mol. The number of esters is 2. The van der Waals surface area contributed by atoms with Gasteiger partial charge in [0, 0.05) is 71.0 Å². The molecule has 4 bridgehead atoms. The van der Waals surface area contributed by atoms with Crippen LogP contribution in [-0.4, -0.2) is 94.4 Å². The lowest BCUT2D eigenvalue weighted by Gasteiger charge is -2.62. The molecule has 2 fully saturated rings. The normalized spacial score (nSPS) is 28.2. The van der Waals surface area contributed by atoms with E-state index in [4.69, 9.17) is 23.7 Å². The number of fused-ring (bicyclic) bond motifs is 11. The van der Waals surface area contributed by atoms with Gasteiger partial charge in [0.1, 0.15) is 24.1 Å². The molecule has 2 saturated heterocycles. The minimum absolute atomic E-state index is 0.0356. The van der Waals surface area contributed by atoms with Crippen LogP contribution in [0.1, 0.15) is 68.9 Å². The van der Waals surface area contributed by atoms with Crippen molar-refractivity contribution in [3.05, 3.63) is 81.6 Å². The fourth-order valence-corrected chi connectivity index (χ4v) is 12.6. The molecule has 1 spiro atoms. The van der Waals surface area contributed by atoms with E-state index in [9.17, 15) is 25.1 Å². The molecule has 0 amide bonds. The first-order valence-corrected chi connectivity index (χ1v) is 20.5. The van der Waals surface area contributed by atoms with Gasteiger partial charge in [-0.25, -0.2) is 4.79 Å². The summed E-state index contributed by atoms with van der Waals surface area (Å²) in [5, 5.41) is 37.8. The summed E-state index contributed by atoms with van der Waals surface area (Å²) in [7, 11) is 1.54. The van der Waals surface area contributed by atoms with Gasteiger partial charge in [-0.1, -0.05) is 12.1 Å². The van der Waals surface area contributed by atoms with E-state index in [0.29, 0.717) is 76.9 Å². The van der Waals surface area contributed by atoms with Crippen molar-refractivity contribution in [2.45, 2.75) is 74.6 Å². The number of nitrogens with one attached hydrogen (secondary N) is 2. The summed E-state index contributed by atoms with van der Waals surface area (Å²) in [4.78, 5) is 35.9. The highest BCUT2D eigenvalue weighted by Crippen LogP contribution is 2.65. The number of hydrogen-bond acceptors (Lipinski definition) is 14. The lowest BCUT2D eigenvalue weighted by molar-refractivity contribution is -0.157. The van der Waals surface area contributed by atoms with Crippen LogP contribution >= 0.6 is 11.8 Å². The van der Waals surface area contributed by atoms with Crippen molar-refractivity contribution >= 4 is 34.6 Å². The summed E-state index contributed by atoms with van der Waals surface area (Å²) in [6.45, 7) is 9.86. The number of phenolic OH excluding ortho intramolecular Hbond substituents is 2. The number of ether oxygens (including phenoxy) is 5. The second-order valence-electron chi connectivity index (χ2n) is 15.9. The van der Waals surface area contributed by atoms with Gasteiger partial charge >= 0.3 is 11.9 Å². The van der Waals surface area contributed by atoms with Gasteiger partial charge in [-0.2, -0.15) is 5.26 Å². The van der Waals surface area contributed by atoms with Crippen LogP contribution in [-0.2, 0) is 32.7 Å². The number of rotatable bonds is 4. The summed E-state index contributed by atoms with van der Waals surface area (Å²) in [5.41, 5.74) is 5.36. The van der Waals surface area contributed by atoms with Crippen LogP contribution in [0.15, 0.2) is 36.9 Å². The molecule has 3 aromatic carbocycles. The van der Waals surface area contributed by atoms with Gasteiger partial charge in [-0.05, 0) is 61.6 Å². The van der Waals surface area contributed by atoms with Crippen molar-refractivity contribution in [1.29, 1.82) is 5.26 Å². The predicted molar refractivity (Wildman–Crippen MR) is 212 cm³/mol. The number of carbonyl (C=O) groups excluding carboxylic acids is 2. The number of methoxy groups -OCH3 is 1. The minimum atomic E-state index is -1.35. The zero-order valence-electron chi connectivity index (χ0n) is 32.5. The van der Waals surface area contributed by atoms with Gasteiger partial charge < -0.3 is 38.9 Å². The Kier molecular flexibility index (Phi) is 8.47. The molecule has 4 aromatic rings. The Bertz CT molecular complexity index is 2510. The van der Waals surface area contributed by atoms with E-state index >= 15 is 0 Å². The summed E-state index contributed by atoms with van der Waals surface area (Å²) >= 11 is 1.50. The molecule has 7 aliphatic rings. The number of aromatic amines is 1. The highest BCUT2D eigenvalue weighted by Gasteiger charge is 2.62. The van der Waals surface area contributed by atoms with Crippen LogP contribution < -0.4 is 24.3 Å². The summed E-state index contributed by atoms with van der Waals surface area (Å²) in [6.07, 6.45) is 2.90. The van der Waals surface area contributed by atoms with Crippen molar-refractivity contribution in [2.24, 2.45) is 0 Å². The molecule has 4 N–H and O–H groups in total. The van der Waals surface area contributed by atoms with Crippen LogP contribution in [0.2, 0.25) is 0 Å². The fourth-order valence-electron chi connectivity index (χ4n) is 10.9. The van der Waals surface area contributed by atoms with E-state index in [1.54, 1.807) is 25.3 Å². The molecule has 14 nitrogen and oxygen atoms in total. The first-order chi connectivity index (χ1) is 28.0. The molecule has 11 rings (SSSR count). The van der Waals surface area contributed by atoms with E-state index in [-0.39, 0.29) is 36.7 Å². The Morgan fingerprint density at radius 2 is 1.97 bits per heavy atom. The molecule has 8 heterocycles. The van der Waals surface area contributed by atoms with E-state index in [1.807, 2.05) is 26.0 Å². The van der Waals surface area contributed by atoms with Gasteiger partial charge in [-0.15, -0.1) is 18.3 Å². The highest BCUT2D eigenvalue weighted by atomic mass is 32.2. The first kappa shape index (κ1) is 36.9. The molecule has 7 atom stereocenters. The van der Waals surface area contributed by atoms with Crippen LogP contribution in [0, 0.1) is 25.2 Å². The SMILES string of the molecule is C=CCN1[C@H]2c3c(cc(C)c(OC)c3O)C[C@H]1[C@H](C#N)N1C2[C@@H]2SC[C@]3(NCCc4c3[nH]c3ccc(O)cc43)C(=O)OC[C@H]1c1c3c(c(C)c(OC(C)=O)c12)OCO3. The Hall–Kier alpha value is -5.40. The molecule has 0 saturated carbocycles. The molecule has 1 unspecified atom stereocenters. The van der Waals surface area contributed by atoms with Crippen molar-refractivity contribution in [3.63, 3.8) is 0 Å². The third-order valence-electron chi connectivity index (χ3n) is 13.0. The molecule has 300 valence electrons. The number of aryl methyl sites for hydroxylation is 1. The smallest absolute Gasteiger partial charge is 0.333 e. The molecule has 0 aliphatic carbocycles. The molecule has 7 aliphatic heterocycles. The maximum absolute atomic E-state index is 14.9. The topological polar surface area (TPSA) is 179 Å². The minimum Gasteiger partial charge on any atom is -0.508 e. The Morgan fingerprint density at radius 1 is 1.16 bits per heavy atom. The average Bonchev–Trinajstić information content (AvgIpc) is 3.84. The highest BCUT2D eigenvalue weighted by molar-refractivity contribution is 7.99. The number of aromatic nitrogens is 1. The van der Waals surface area contributed by atoms with Gasteiger partial charge in [0.05, 0.1) is 36.2 Å². The zero-order valence-corrected chi connectivity index (χ0v) is 33.3. The number of phenols is 2. The monoisotopic (exact) mass is 805 g/mol. The molecule has 0 radical (unpaired) electrons. The number of nitriles is 1. The van der Waals surface area contributed by atoms with Gasteiger partial charge in [0.2, 0.25) is 6.79 Å². The van der Waals surface area contributed by atoms with Crippen molar-refractivity contribution in [2.75, 3.05) is 39.4 Å². The van der Waals surface area contributed by atoms with Crippen LogP contribution in [0.4, 0.5) is 0 Å². The molecule has 1 aromatic heterocycles. The van der Waals surface area contributed by atoms with Gasteiger partial charge in [0.15, 0.2) is 28.5 Å². The number of H-pyrrole nitrogens is 1. The summed E-state index contributed by atoms with van der Waals surface area (Å²) < 4.78 is 30.8. The van der Waals surface area contributed by atoms with E-state index in [2.05, 4.69) is 32.7 Å². The van der Waals surface area contributed by atoms with E-state index in [0.717, 1.165) is 27.6 Å². The van der Waals surface area contributed by atoms with Crippen LogP contribution in [0.25, 0.3) is 10.9 Å². The first-order valence-electron chi connectivity index (χ1n) is 19.5. The Labute approximate surface area is 338 Å². The van der Waals surface area contributed by atoms with Gasteiger partial charge in [0.25, 0.3) is 0 Å². The lowest BCUT2D eigenvalue weighted by Crippen LogP contribution is -2.70. The van der Waals surface area contributed by atoms with Crippen LogP contribution in [0.5, 0.6) is 34.5 Å². The zero-order chi connectivity index (χ0) is 40.4. The van der Waals surface area contributed by atoms with Crippen LogP contribution in [0.3, 0.4) is 0 Å². The van der Waals surface area contributed by atoms with Crippen molar-refractivity contribution in [1.82, 2.24) is 20.1 Å². The predicted octanol–water partition coefficient (Wildman–Crippen LogP) is 5.02. The Balaban J connectivity index is 1.26. The maximum Gasteiger partial charge on any atom is 0.333 e.